The van der Waals surface area contributed by atoms with Gasteiger partial charge in [0.2, 0.25) is 0 Å². The lowest BCUT2D eigenvalue weighted by Gasteiger charge is -2.10. The van der Waals surface area contributed by atoms with Crippen molar-refractivity contribution in [1.82, 2.24) is 5.32 Å². The molecule has 92 valence electrons. The number of amides is 1. The first kappa shape index (κ1) is 12.0. The quantitative estimate of drug-likeness (QED) is 0.850. The van der Waals surface area contributed by atoms with Crippen LogP contribution in [0.4, 0.5) is 4.39 Å². The summed E-state index contributed by atoms with van der Waals surface area (Å²) >= 11 is 0. The standard InChI is InChI=1S/C11H12FNO3S/c12-9-3-1-2-8(6-9)11(14)13-10-4-5-17(15,16)7-10/h1-3,6,10H,4-5,7H2,(H,13,14). The number of rotatable bonds is 2. The van der Waals surface area contributed by atoms with Gasteiger partial charge >= 0.3 is 0 Å². The predicted molar refractivity (Wildman–Crippen MR) is 60.9 cm³/mol. The Bertz CT molecular complexity index is 541. The molecule has 1 amide bonds. The molecule has 1 fully saturated rings. The van der Waals surface area contributed by atoms with Crippen molar-refractivity contribution in [3.8, 4) is 0 Å². The van der Waals surface area contributed by atoms with E-state index in [1.54, 1.807) is 0 Å². The molecule has 0 aromatic heterocycles. The Morgan fingerprint density at radius 1 is 1.41 bits per heavy atom. The summed E-state index contributed by atoms with van der Waals surface area (Å²) in [6.07, 6.45) is 0.420. The van der Waals surface area contributed by atoms with Gasteiger partial charge in [-0.15, -0.1) is 0 Å². The van der Waals surface area contributed by atoms with E-state index >= 15 is 0 Å². The third-order valence-corrected chi connectivity index (χ3v) is 4.42. The first-order valence-corrected chi connectivity index (χ1v) is 7.05. The molecule has 1 N–H and O–H groups in total. The number of carbonyl (C=O) groups excluding carboxylic acids is 1. The molecule has 1 heterocycles. The van der Waals surface area contributed by atoms with Crippen molar-refractivity contribution in [2.24, 2.45) is 0 Å². The number of nitrogens with one attached hydrogen (secondary N) is 1. The van der Waals surface area contributed by atoms with Gasteiger partial charge in [0, 0.05) is 11.6 Å². The Kier molecular flexibility index (Phi) is 3.15. The molecular formula is C11H12FNO3S. The summed E-state index contributed by atoms with van der Waals surface area (Å²) in [6, 6.07) is 4.93. The van der Waals surface area contributed by atoms with E-state index in [9.17, 15) is 17.6 Å². The Morgan fingerprint density at radius 2 is 2.18 bits per heavy atom. The molecule has 0 spiro atoms. The molecule has 0 bridgehead atoms. The summed E-state index contributed by atoms with van der Waals surface area (Å²) in [4.78, 5) is 11.7. The Morgan fingerprint density at radius 3 is 2.76 bits per heavy atom. The molecule has 1 aromatic rings. The second-order valence-electron chi connectivity index (χ2n) is 4.08. The zero-order valence-electron chi connectivity index (χ0n) is 9.02. The van der Waals surface area contributed by atoms with Crippen LogP contribution in [0.1, 0.15) is 16.8 Å². The van der Waals surface area contributed by atoms with Crippen molar-refractivity contribution < 1.29 is 17.6 Å². The minimum atomic E-state index is -3.02. The molecule has 1 aromatic carbocycles. The number of hydrogen-bond donors (Lipinski definition) is 1. The van der Waals surface area contributed by atoms with E-state index in [4.69, 9.17) is 0 Å². The molecule has 0 radical (unpaired) electrons. The second kappa shape index (κ2) is 4.44. The molecule has 1 aliphatic rings. The zero-order valence-corrected chi connectivity index (χ0v) is 9.84. The van der Waals surface area contributed by atoms with Gasteiger partial charge in [0.25, 0.3) is 5.91 Å². The van der Waals surface area contributed by atoms with Gasteiger partial charge in [-0.2, -0.15) is 0 Å². The zero-order chi connectivity index (χ0) is 12.5. The first-order chi connectivity index (χ1) is 7.96. The SMILES string of the molecule is O=C(NC1CCS(=O)(=O)C1)c1cccc(F)c1. The van der Waals surface area contributed by atoms with Crippen LogP contribution in [-0.2, 0) is 9.84 Å². The minimum Gasteiger partial charge on any atom is -0.348 e. The highest BCUT2D eigenvalue weighted by Crippen LogP contribution is 2.12. The Balaban J connectivity index is 2.03. The average molecular weight is 257 g/mol. The maximum absolute atomic E-state index is 12.9. The van der Waals surface area contributed by atoms with E-state index in [1.165, 1.54) is 18.2 Å². The van der Waals surface area contributed by atoms with Gasteiger partial charge in [0.15, 0.2) is 9.84 Å². The van der Waals surface area contributed by atoms with Gasteiger partial charge < -0.3 is 5.32 Å². The highest BCUT2D eigenvalue weighted by atomic mass is 32.2. The molecule has 17 heavy (non-hydrogen) atoms. The van der Waals surface area contributed by atoms with Crippen LogP contribution < -0.4 is 5.32 Å². The van der Waals surface area contributed by atoms with Crippen LogP contribution in [0.2, 0.25) is 0 Å². The molecule has 1 saturated heterocycles. The molecule has 4 nitrogen and oxygen atoms in total. The summed E-state index contributed by atoms with van der Waals surface area (Å²) in [5.41, 5.74) is 0.203. The molecular weight excluding hydrogens is 245 g/mol. The molecule has 1 atom stereocenters. The normalized spacial score (nSPS) is 22.3. The van der Waals surface area contributed by atoms with E-state index in [-0.39, 0.29) is 23.1 Å². The molecule has 1 unspecified atom stereocenters. The van der Waals surface area contributed by atoms with Crippen molar-refractivity contribution in [3.63, 3.8) is 0 Å². The monoisotopic (exact) mass is 257 g/mol. The van der Waals surface area contributed by atoms with Crippen LogP contribution in [0.25, 0.3) is 0 Å². The van der Waals surface area contributed by atoms with E-state index in [1.807, 2.05) is 0 Å². The van der Waals surface area contributed by atoms with Crippen LogP contribution in [0.3, 0.4) is 0 Å². The molecule has 2 rings (SSSR count). The van der Waals surface area contributed by atoms with Crippen molar-refractivity contribution in [3.05, 3.63) is 35.6 Å². The number of carbonyl (C=O) groups is 1. The Labute approximate surface area is 98.8 Å². The van der Waals surface area contributed by atoms with Crippen LogP contribution in [0, 0.1) is 5.82 Å². The fraction of sp³-hybridized carbons (Fsp3) is 0.364. The topological polar surface area (TPSA) is 63.2 Å². The third-order valence-electron chi connectivity index (χ3n) is 2.65. The second-order valence-corrected chi connectivity index (χ2v) is 6.31. The van der Waals surface area contributed by atoms with Crippen molar-refractivity contribution in [2.45, 2.75) is 12.5 Å². The fourth-order valence-corrected chi connectivity index (χ4v) is 3.48. The largest absolute Gasteiger partial charge is 0.348 e. The highest BCUT2D eigenvalue weighted by molar-refractivity contribution is 7.91. The van der Waals surface area contributed by atoms with Gasteiger partial charge in [0.1, 0.15) is 5.82 Å². The van der Waals surface area contributed by atoms with E-state index < -0.39 is 21.6 Å². The smallest absolute Gasteiger partial charge is 0.251 e. The van der Waals surface area contributed by atoms with Crippen LogP contribution in [0.5, 0.6) is 0 Å². The number of hydrogen-bond acceptors (Lipinski definition) is 3. The summed E-state index contributed by atoms with van der Waals surface area (Å²) in [6.45, 7) is 0. The highest BCUT2D eigenvalue weighted by Gasteiger charge is 2.29. The van der Waals surface area contributed by atoms with E-state index in [0.717, 1.165) is 6.07 Å². The van der Waals surface area contributed by atoms with Gasteiger partial charge in [0.05, 0.1) is 11.5 Å². The van der Waals surface area contributed by atoms with Crippen molar-refractivity contribution >= 4 is 15.7 Å². The minimum absolute atomic E-state index is 0.0337. The maximum atomic E-state index is 12.9. The average Bonchev–Trinajstić information content (AvgIpc) is 2.58. The molecule has 0 saturated carbocycles. The summed E-state index contributed by atoms with van der Waals surface area (Å²) < 4.78 is 35.3. The van der Waals surface area contributed by atoms with E-state index in [0.29, 0.717) is 6.42 Å². The van der Waals surface area contributed by atoms with Crippen LogP contribution >= 0.6 is 0 Å². The van der Waals surface area contributed by atoms with Crippen LogP contribution in [-0.4, -0.2) is 31.9 Å². The number of sulfone groups is 1. The van der Waals surface area contributed by atoms with Gasteiger partial charge in [-0.05, 0) is 24.6 Å². The lowest BCUT2D eigenvalue weighted by molar-refractivity contribution is 0.0940. The maximum Gasteiger partial charge on any atom is 0.251 e. The fourth-order valence-electron chi connectivity index (χ4n) is 1.81. The Hall–Kier alpha value is -1.43. The predicted octanol–water partition coefficient (Wildman–Crippen LogP) is 0.743. The molecule has 6 heteroatoms. The van der Waals surface area contributed by atoms with E-state index in [2.05, 4.69) is 5.32 Å². The van der Waals surface area contributed by atoms with Crippen LogP contribution in [0.15, 0.2) is 24.3 Å². The lowest BCUT2D eigenvalue weighted by atomic mass is 10.2. The van der Waals surface area contributed by atoms with Crippen molar-refractivity contribution in [2.75, 3.05) is 11.5 Å². The lowest BCUT2D eigenvalue weighted by Crippen LogP contribution is -2.35. The molecule has 0 aliphatic carbocycles. The summed E-state index contributed by atoms with van der Waals surface area (Å²) in [5.74, 6) is -0.863. The van der Waals surface area contributed by atoms with Gasteiger partial charge in [-0.25, -0.2) is 12.8 Å². The number of benzene rings is 1. The first-order valence-electron chi connectivity index (χ1n) is 5.23. The third kappa shape index (κ3) is 3.03. The summed E-state index contributed by atoms with van der Waals surface area (Å²) in [5, 5.41) is 2.59. The van der Waals surface area contributed by atoms with Gasteiger partial charge in [-0.3, -0.25) is 4.79 Å². The number of halogens is 1. The van der Waals surface area contributed by atoms with Gasteiger partial charge in [-0.1, -0.05) is 6.07 Å². The van der Waals surface area contributed by atoms with Crippen molar-refractivity contribution in [1.29, 1.82) is 0 Å². The summed E-state index contributed by atoms with van der Waals surface area (Å²) in [7, 11) is -3.02. The molecule has 1 aliphatic heterocycles.